The van der Waals surface area contributed by atoms with Crippen molar-refractivity contribution in [3.8, 4) is 5.75 Å². The molecule has 0 amide bonds. The summed E-state index contributed by atoms with van der Waals surface area (Å²) in [5, 5.41) is 12.1. The molecule has 1 saturated heterocycles. The Morgan fingerprint density at radius 2 is 1.84 bits per heavy atom. The summed E-state index contributed by atoms with van der Waals surface area (Å²) in [7, 11) is 0. The molecule has 1 aliphatic heterocycles. The molecule has 3 unspecified atom stereocenters. The molecule has 2 aliphatic rings. The predicted molar refractivity (Wildman–Crippen MR) is 121 cm³/mol. The molecule has 0 radical (unpaired) electrons. The molecule has 5 rings (SSSR count). The van der Waals surface area contributed by atoms with Gasteiger partial charge in [0.05, 0.1) is 17.3 Å². The third kappa shape index (κ3) is 4.76. The molecule has 3 aromatic rings. The van der Waals surface area contributed by atoms with Gasteiger partial charge in [-0.05, 0) is 42.2 Å². The topological polar surface area (TPSA) is 75.0 Å². The summed E-state index contributed by atoms with van der Waals surface area (Å²) in [5.41, 5.74) is 2.90. The Morgan fingerprint density at radius 1 is 1.06 bits per heavy atom. The minimum atomic E-state index is -0.929. The van der Waals surface area contributed by atoms with Crippen molar-refractivity contribution in [2.45, 2.75) is 57.4 Å². The lowest BCUT2D eigenvalue weighted by Crippen LogP contribution is -2.21. The second-order valence-electron chi connectivity index (χ2n) is 8.76. The van der Waals surface area contributed by atoms with Crippen LogP contribution in [-0.4, -0.2) is 27.4 Å². The molecule has 2 fully saturated rings. The van der Waals surface area contributed by atoms with Crippen LogP contribution in [0, 0.1) is 5.92 Å². The van der Waals surface area contributed by atoms with Gasteiger partial charge in [0.2, 0.25) is 0 Å². The molecule has 6 heteroatoms. The molecule has 1 aromatic heterocycles. The number of hydroxylamine groups is 2. The molecule has 0 spiro atoms. The largest absolute Gasteiger partial charge is 0.487 e. The number of benzene rings is 2. The zero-order valence-corrected chi connectivity index (χ0v) is 18.0. The monoisotopic (exact) mass is 432 g/mol. The number of aliphatic carboxylic acids is 1. The van der Waals surface area contributed by atoms with Gasteiger partial charge in [-0.3, -0.25) is 4.84 Å². The van der Waals surface area contributed by atoms with Crippen LogP contribution in [0.5, 0.6) is 5.75 Å². The zero-order valence-electron chi connectivity index (χ0n) is 18.0. The molecule has 2 aromatic carbocycles. The van der Waals surface area contributed by atoms with E-state index < -0.39 is 12.2 Å². The lowest BCUT2D eigenvalue weighted by Gasteiger charge is -2.26. The van der Waals surface area contributed by atoms with Crippen LogP contribution in [0.4, 0.5) is 0 Å². The highest BCUT2D eigenvalue weighted by Crippen LogP contribution is 2.41. The number of ether oxygens (including phenoxy) is 1. The van der Waals surface area contributed by atoms with Crippen molar-refractivity contribution in [1.82, 2.24) is 10.0 Å². The van der Waals surface area contributed by atoms with Gasteiger partial charge in [-0.25, -0.2) is 9.78 Å². The normalized spacial score (nSPS) is 21.9. The van der Waals surface area contributed by atoms with Crippen LogP contribution in [-0.2, 0) is 16.2 Å². The van der Waals surface area contributed by atoms with Gasteiger partial charge in [0.1, 0.15) is 12.4 Å². The van der Waals surface area contributed by atoms with Crippen LogP contribution in [0.2, 0.25) is 0 Å². The van der Waals surface area contributed by atoms with Crippen molar-refractivity contribution >= 4 is 16.9 Å². The van der Waals surface area contributed by atoms with Crippen LogP contribution in [0.25, 0.3) is 10.9 Å². The number of hydrogen-bond donors (Lipinski definition) is 1. The van der Waals surface area contributed by atoms with E-state index in [9.17, 15) is 9.90 Å². The Kier molecular flexibility index (Phi) is 6.06. The predicted octanol–water partition coefficient (Wildman–Crippen LogP) is 5.48. The second-order valence-corrected chi connectivity index (χ2v) is 8.76. The molecule has 3 atom stereocenters. The fourth-order valence-corrected chi connectivity index (χ4v) is 4.74. The van der Waals surface area contributed by atoms with Crippen LogP contribution in [0.3, 0.4) is 0 Å². The van der Waals surface area contributed by atoms with Crippen molar-refractivity contribution < 1.29 is 19.5 Å². The van der Waals surface area contributed by atoms with Gasteiger partial charge >= 0.3 is 5.97 Å². The quantitative estimate of drug-likeness (QED) is 0.475. The molecule has 1 aliphatic carbocycles. The van der Waals surface area contributed by atoms with Crippen molar-refractivity contribution in [3.63, 3.8) is 0 Å². The number of carboxylic acids is 1. The Hall–Kier alpha value is -2.96. The van der Waals surface area contributed by atoms with E-state index in [0.717, 1.165) is 34.3 Å². The van der Waals surface area contributed by atoms with E-state index in [-0.39, 0.29) is 6.04 Å². The van der Waals surface area contributed by atoms with Crippen LogP contribution < -0.4 is 4.74 Å². The Bertz CT molecular complexity index is 1080. The molecule has 1 N–H and O–H groups in total. The standard InChI is InChI=1S/C26H28N2O4/c29-26(30)25-28(32-25)24(16-18-6-2-1-3-7-18)20-11-14-22(15-12-20)31-17-21-13-10-19-8-4-5-9-23(19)27-21/h4-5,8-15,18,24-25H,1-3,6-7,16-17H2,(H,29,30). The average Bonchev–Trinajstić information content (AvgIpc) is 3.63. The lowest BCUT2D eigenvalue weighted by atomic mass is 9.83. The number of rotatable bonds is 8. The Balaban J connectivity index is 1.26. The van der Waals surface area contributed by atoms with E-state index in [2.05, 4.69) is 11.1 Å². The van der Waals surface area contributed by atoms with E-state index in [1.54, 1.807) is 5.06 Å². The highest BCUT2D eigenvalue weighted by molar-refractivity contribution is 5.78. The summed E-state index contributed by atoms with van der Waals surface area (Å²) in [6.07, 6.45) is 6.33. The first kappa shape index (κ1) is 20.9. The maximum absolute atomic E-state index is 11.4. The van der Waals surface area contributed by atoms with Crippen LogP contribution in [0.15, 0.2) is 60.7 Å². The number of hydrogen-bond acceptors (Lipinski definition) is 5. The van der Waals surface area contributed by atoms with Gasteiger partial charge in [-0.15, -0.1) is 5.06 Å². The highest BCUT2D eigenvalue weighted by Gasteiger charge is 2.49. The summed E-state index contributed by atoms with van der Waals surface area (Å²) in [6.45, 7) is 0.395. The fraction of sp³-hybridized carbons (Fsp3) is 0.385. The van der Waals surface area contributed by atoms with Gasteiger partial charge in [-0.1, -0.05) is 68.5 Å². The minimum Gasteiger partial charge on any atom is -0.487 e. The molecular formula is C26H28N2O4. The number of carboxylic acid groups (broad SMARTS) is 1. The van der Waals surface area contributed by atoms with Gasteiger partial charge < -0.3 is 9.84 Å². The maximum atomic E-state index is 11.4. The van der Waals surface area contributed by atoms with Crippen molar-refractivity contribution in [3.05, 3.63) is 71.9 Å². The first-order chi connectivity index (χ1) is 15.7. The first-order valence-electron chi connectivity index (χ1n) is 11.4. The minimum absolute atomic E-state index is 0.0459. The van der Waals surface area contributed by atoms with Gasteiger partial charge in [0, 0.05) is 5.39 Å². The Morgan fingerprint density at radius 3 is 2.59 bits per heavy atom. The average molecular weight is 433 g/mol. The zero-order chi connectivity index (χ0) is 21.9. The summed E-state index contributed by atoms with van der Waals surface area (Å²) in [4.78, 5) is 21.4. The van der Waals surface area contributed by atoms with Crippen molar-refractivity contribution in [1.29, 1.82) is 0 Å². The highest BCUT2D eigenvalue weighted by atomic mass is 16.8. The van der Waals surface area contributed by atoms with Gasteiger partial charge in [0.15, 0.2) is 0 Å². The second kappa shape index (κ2) is 9.27. The number of nitrogens with zero attached hydrogens (tertiary/aromatic N) is 2. The third-order valence-corrected chi connectivity index (χ3v) is 6.51. The molecule has 2 heterocycles. The number of fused-ring (bicyclic) bond motifs is 1. The van der Waals surface area contributed by atoms with E-state index in [4.69, 9.17) is 9.57 Å². The summed E-state index contributed by atoms with van der Waals surface area (Å²) in [5.74, 6) is 0.449. The smallest absolute Gasteiger partial charge is 0.352 e. The molecule has 1 saturated carbocycles. The molecule has 166 valence electrons. The van der Waals surface area contributed by atoms with E-state index >= 15 is 0 Å². The molecular weight excluding hydrogens is 404 g/mol. The summed E-state index contributed by atoms with van der Waals surface area (Å²) in [6, 6.07) is 20.0. The molecule has 32 heavy (non-hydrogen) atoms. The Labute approximate surface area is 187 Å². The summed E-state index contributed by atoms with van der Waals surface area (Å²) < 4.78 is 5.96. The fourth-order valence-electron chi connectivity index (χ4n) is 4.74. The van der Waals surface area contributed by atoms with Crippen LogP contribution in [0.1, 0.15) is 55.8 Å². The van der Waals surface area contributed by atoms with E-state index in [1.807, 2.05) is 54.6 Å². The van der Waals surface area contributed by atoms with Gasteiger partial charge in [0.25, 0.3) is 6.23 Å². The molecule has 6 nitrogen and oxygen atoms in total. The summed E-state index contributed by atoms with van der Waals surface area (Å²) >= 11 is 0. The number of pyridine rings is 1. The van der Waals surface area contributed by atoms with Crippen molar-refractivity contribution in [2.75, 3.05) is 0 Å². The SMILES string of the molecule is O=C(O)C1ON1C(CC1CCCCC1)c1ccc(OCc2ccc3ccccc3n2)cc1. The lowest BCUT2D eigenvalue weighted by molar-refractivity contribution is -0.138. The number of aromatic nitrogens is 1. The van der Waals surface area contributed by atoms with Gasteiger partial charge in [-0.2, -0.15) is 0 Å². The van der Waals surface area contributed by atoms with E-state index in [0.29, 0.717) is 12.5 Å². The number of carbonyl (C=O) groups is 1. The first-order valence-corrected chi connectivity index (χ1v) is 11.4. The van der Waals surface area contributed by atoms with Crippen molar-refractivity contribution in [2.24, 2.45) is 5.92 Å². The maximum Gasteiger partial charge on any atom is 0.352 e. The van der Waals surface area contributed by atoms with E-state index in [1.165, 1.54) is 32.1 Å². The number of para-hydroxylation sites is 1. The third-order valence-electron chi connectivity index (χ3n) is 6.51. The van der Waals surface area contributed by atoms with Crippen LogP contribution >= 0.6 is 0 Å². The molecule has 0 bridgehead atoms.